The molecule has 1 aromatic heterocycles. The average molecular weight is 163 g/mol. The first kappa shape index (κ1) is 7.09. The molecule has 0 spiro atoms. The van der Waals surface area contributed by atoms with Crippen molar-refractivity contribution in [2.45, 2.75) is 13.3 Å². The van der Waals surface area contributed by atoms with Crippen molar-refractivity contribution in [3.63, 3.8) is 0 Å². The molecule has 0 aliphatic carbocycles. The third-order valence-electron chi connectivity index (χ3n) is 1.92. The number of hydrogen-bond donors (Lipinski definition) is 1. The first-order valence-electron chi connectivity index (χ1n) is 3.85. The van der Waals surface area contributed by atoms with Crippen molar-refractivity contribution in [3.05, 3.63) is 23.8 Å². The first-order valence-corrected chi connectivity index (χ1v) is 3.85. The van der Waals surface area contributed by atoms with Gasteiger partial charge in [0.05, 0.1) is 0 Å². The molecular formula is C8H9N3O. The molecule has 4 heteroatoms. The van der Waals surface area contributed by atoms with Gasteiger partial charge in [-0.15, -0.1) is 5.10 Å². The predicted octanol–water partition coefficient (Wildman–Crippen LogP) is 1.23. The summed E-state index contributed by atoms with van der Waals surface area (Å²) in [5.41, 5.74) is 2.55. The standard InChI is InChI=1S/C8H9N3O/c1-2-6-4-3-5-7-8(6)9-10-11(7)12/h3-5,12H,2H2,1H3. The number of aryl methyl sites for hydroxylation is 1. The Morgan fingerprint density at radius 2 is 2.33 bits per heavy atom. The van der Waals surface area contributed by atoms with Crippen LogP contribution in [0.25, 0.3) is 11.0 Å². The molecule has 0 aliphatic heterocycles. The van der Waals surface area contributed by atoms with Gasteiger partial charge in [0.1, 0.15) is 11.0 Å². The van der Waals surface area contributed by atoms with Crippen molar-refractivity contribution in [3.8, 4) is 0 Å². The molecule has 0 radical (unpaired) electrons. The van der Waals surface area contributed by atoms with E-state index in [2.05, 4.69) is 10.3 Å². The molecule has 0 bridgehead atoms. The minimum absolute atomic E-state index is 0.661. The van der Waals surface area contributed by atoms with Crippen LogP contribution in [0.5, 0.6) is 0 Å². The Bertz CT molecular complexity index is 408. The van der Waals surface area contributed by atoms with Crippen LogP contribution in [0.3, 0.4) is 0 Å². The van der Waals surface area contributed by atoms with Gasteiger partial charge in [0.15, 0.2) is 0 Å². The van der Waals surface area contributed by atoms with Gasteiger partial charge in [-0.25, -0.2) is 0 Å². The van der Waals surface area contributed by atoms with E-state index in [1.165, 1.54) is 0 Å². The van der Waals surface area contributed by atoms with E-state index >= 15 is 0 Å². The Morgan fingerprint density at radius 1 is 1.50 bits per heavy atom. The Kier molecular flexibility index (Phi) is 1.46. The molecule has 2 aromatic rings. The van der Waals surface area contributed by atoms with E-state index in [0.717, 1.165) is 22.3 Å². The second-order valence-corrected chi connectivity index (χ2v) is 2.62. The quantitative estimate of drug-likeness (QED) is 0.643. The fourth-order valence-corrected chi connectivity index (χ4v) is 1.28. The minimum Gasteiger partial charge on any atom is -0.410 e. The number of nitrogens with zero attached hydrogens (tertiary/aromatic N) is 3. The molecule has 0 fully saturated rings. The molecule has 0 saturated heterocycles. The van der Waals surface area contributed by atoms with Gasteiger partial charge in [0, 0.05) is 0 Å². The summed E-state index contributed by atoms with van der Waals surface area (Å²) >= 11 is 0. The van der Waals surface area contributed by atoms with E-state index in [-0.39, 0.29) is 0 Å². The molecule has 0 aliphatic rings. The third kappa shape index (κ3) is 0.845. The highest BCUT2D eigenvalue weighted by Gasteiger charge is 2.05. The van der Waals surface area contributed by atoms with Crippen LogP contribution in [-0.2, 0) is 6.42 Å². The molecule has 62 valence electrons. The maximum absolute atomic E-state index is 9.17. The molecule has 1 heterocycles. The van der Waals surface area contributed by atoms with E-state index in [1.54, 1.807) is 6.07 Å². The van der Waals surface area contributed by atoms with Gasteiger partial charge in [0.2, 0.25) is 0 Å². The largest absolute Gasteiger partial charge is 0.410 e. The monoisotopic (exact) mass is 163 g/mol. The number of fused-ring (bicyclic) bond motifs is 1. The van der Waals surface area contributed by atoms with E-state index in [4.69, 9.17) is 0 Å². The Balaban J connectivity index is 2.81. The maximum Gasteiger partial charge on any atom is 0.130 e. The van der Waals surface area contributed by atoms with Crippen LogP contribution in [0.2, 0.25) is 0 Å². The smallest absolute Gasteiger partial charge is 0.130 e. The maximum atomic E-state index is 9.17. The van der Waals surface area contributed by atoms with Gasteiger partial charge < -0.3 is 5.21 Å². The van der Waals surface area contributed by atoms with Crippen LogP contribution in [0.4, 0.5) is 0 Å². The number of hydrogen-bond acceptors (Lipinski definition) is 3. The van der Waals surface area contributed by atoms with E-state index in [9.17, 15) is 5.21 Å². The molecule has 0 saturated carbocycles. The predicted molar refractivity (Wildman–Crippen MR) is 44.1 cm³/mol. The van der Waals surface area contributed by atoms with Crippen LogP contribution < -0.4 is 0 Å². The summed E-state index contributed by atoms with van der Waals surface area (Å²) in [6.45, 7) is 2.05. The van der Waals surface area contributed by atoms with Crippen molar-refractivity contribution in [1.29, 1.82) is 0 Å². The summed E-state index contributed by atoms with van der Waals surface area (Å²) in [4.78, 5) is 0.800. The summed E-state index contributed by atoms with van der Waals surface area (Å²) in [6, 6.07) is 5.66. The van der Waals surface area contributed by atoms with Crippen LogP contribution in [-0.4, -0.2) is 20.4 Å². The zero-order valence-electron chi connectivity index (χ0n) is 6.73. The number of rotatable bonds is 1. The number of aromatic nitrogens is 3. The Labute approximate surface area is 69.4 Å². The summed E-state index contributed by atoms with van der Waals surface area (Å²) in [5, 5.41) is 16.6. The molecule has 4 nitrogen and oxygen atoms in total. The average Bonchev–Trinajstić information content (AvgIpc) is 2.48. The van der Waals surface area contributed by atoms with Crippen molar-refractivity contribution in [2.24, 2.45) is 0 Å². The van der Waals surface area contributed by atoms with Crippen molar-refractivity contribution < 1.29 is 5.21 Å². The summed E-state index contributed by atoms with van der Waals surface area (Å²) < 4.78 is 0. The highest BCUT2D eigenvalue weighted by atomic mass is 16.5. The lowest BCUT2D eigenvalue weighted by molar-refractivity contribution is 0.155. The van der Waals surface area contributed by atoms with Gasteiger partial charge in [-0.05, 0) is 23.3 Å². The van der Waals surface area contributed by atoms with Crippen LogP contribution in [0, 0.1) is 0 Å². The third-order valence-corrected chi connectivity index (χ3v) is 1.92. The molecule has 0 unspecified atom stereocenters. The Hall–Kier alpha value is -1.58. The van der Waals surface area contributed by atoms with Gasteiger partial charge >= 0.3 is 0 Å². The van der Waals surface area contributed by atoms with Crippen molar-refractivity contribution in [1.82, 2.24) is 15.2 Å². The van der Waals surface area contributed by atoms with E-state index < -0.39 is 0 Å². The van der Waals surface area contributed by atoms with Crippen LogP contribution in [0.1, 0.15) is 12.5 Å². The fourth-order valence-electron chi connectivity index (χ4n) is 1.28. The molecule has 12 heavy (non-hydrogen) atoms. The molecule has 0 atom stereocenters. The zero-order valence-corrected chi connectivity index (χ0v) is 6.73. The highest BCUT2D eigenvalue weighted by Crippen LogP contribution is 2.14. The van der Waals surface area contributed by atoms with Gasteiger partial charge in [-0.3, -0.25) is 0 Å². The molecular weight excluding hydrogens is 154 g/mol. The SMILES string of the molecule is CCc1cccc2c1nnn2O. The van der Waals surface area contributed by atoms with Crippen LogP contribution >= 0.6 is 0 Å². The first-order chi connectivity index (χ1) is 5.83. The van der Waals surface area contributed by atoms with Crippen molar-refractivity contribution in [2.75, 3.05) is 0 Å². The Morgan fingerprint density at radius 3 is 3.08 bits per heavy atom. The zero-order chi connectivity index (χ0) is 8.55. The lowest BCUT2D eigenvalue weighted by Gasteiger charge is -1.95. The van der Waals surface area contributed by atoms with Gasteiger partial charge in [0.25, 0.3) is 0 Å². The van der Waals surface area contributed by atoms with E-state index in [0.29, 0.717) is 5.52 Å². The summed E-state index contributed by atoms with van der Waals surface area (Å²) in [6.07, 6.45) is 0.899. The lowest BCUT2D eigenvalue weighted by atomic mass is 10.1. The van der Waals surface area contributed by atoms with Gasteiger partial charge in [-0.2, -0.15) is 0 Å². The topological polar surface area (TPSA) is 50.9 Å². The van der Waals surface area contributed by atoms with Crippen LogP contribution in [0.15, 0.2) is 18.2 Å². The normalized spacial score (nSPS) is 10.8. The van der Waals surface area contributed by atoms with E-state index in [1.807, 2.05) is 19.1 Å². The number of benzene rings is 1. The highest BCUT2D eigenvalue weighted by molar-refractivity contribution is 5.77. The second kappa shape index (κ2) is 2.48. The molecule has 0 amide bonds. The van der Waals surface area contributed by atoms with Gasteiger partial charge in [-0.1, -0.05) is 23.9 Å². The minimum atomic E-state index is 0.661. The molecule has 1 aromatic carbocycles. The summed E-state index contributed by atoms with van der Waals surface area (Å²) in [7, 11) is 0. The lowest BCUT2D eigenvalue weighted by Crippen LogP contribution is -1.91. The molecule has 2 rings (SSSR count). The molecule has 1 N–H and O–H groups in total. The van der Waals surface area contributed by atoms with Crippen molar-refractivity contribution >= 4 is 11.0 Å². The fraction of sp³-hybridized carbons (Fsp3) is 0.250. The second-order valence-electron chi connectivity index (χ2n) is 2.62. The summed E-state index contributed by atoms with van der Waals surface area (Å²) in [5.74, 6) is 0.